The highest BCUT2D eigenvalue weighted by molar-refractivity contribution is 7.09. The number of amides is 2. The summed E-state index contributed by atoms with van der Waals surface area (Å²) in [7, 11) is 2.95. The summed E-state index contributed by atoms with van der Waals surface area (Å²) in [4.78, 5) is 43.4. The van der Waals surface area contributed by atoms with Gasteiger partial charge in [0.15, 0.2) is 6.10 Å². The number of methoxy groups -OCH3 is 2. The van der Waals surface area contributed by atoms with Crippen LogP contribution in [0, 0.1) is 0 Å². The standard InChI is InChI=1S/C25H25N3O6S/c1-15-24(30)28(13-22(29)26-18-7-4-16(5-8-18)25(31)33-3)20-12-17(6-9-21(20)34-15)19-14-35-23(27-19)10-11-32-2/h4-9,12,14-15H,10-11,13H2,1-3H3,(H,26,29). The molecule has 1 aliphatic rings. The van der Waals surface area contributed by atoms with Gasteiger partial charge in [-0.1, -0.05) is 0 Å². The van der Waals surface area contributed by atoms with E-state index in [2.05, 4.69) is 15.0 Å². The monoisotopic (exact) mass is 495 g/mol. The molecule has 0 bridgehead atoms. The van der Waals surface area contributed by atoms with E-state index in [0.717, 1.165) is 22.7 Å². The lowest BCUT2D eigenvalue weighted by atomic mass is 10.1. The summed E-state index contributed by atoms with van der Waals surface area (Å²) in [6, 6.07) is 11.8. The third kappa shape index (κ3) is 5.50. The molecule has 2 amide bonds. The van der Waals surface area contributed by atoms with Gasteiger partial charge in [-0.2, -0.15) is 0 Å². The molecular weight excluding hydrogens is 470 g/mol. The van der Waals surface area contributed by atoms with E-state index in [4.69, 9.17) is 9.47 Å². The van der Waals surface area contributed by atoms with Gasteiger partial charge in [-0.25, -0.2) is 9.78 Å². The van der Waals surface area contributed by atoms with Crippen molar-refractivity contribution in [1.82, 2.24) is 4.98 Å². The molecule has 10 heteroatoms. The number of aromatic nitrogens is 1. The van der Waals surface area contributed by atoms with Crippen LogP contribution in [0.15, 0.2) is 47.8 Å². The minimum Gasteiger partial charge on any atom is -0.479 e. The molecule has 1 atom stereocenters. The first-order valence-electron chi connectivity index (χ1n) is 10.9. The highest BCUT2D eigenvalue weighted by Crippen LogP contribution is 2.37. The lowest BCUT2D eigenvalue weighted by Crippen LogP contribution is -2.47. The van der Waals surface area contributed by atoms with Gasteiger partial charge >= 0.3 is 5.97 Å². The molecule has 0 radical (unpaired) electrons. The van der Waals surface area contributed by atoms with E-state index in [9.17, 15) is 14.4 Å². The van der Waals surface area contributed by atoms with Crippen molar-refractivity contribution >= 4 is 40.5 Å². The number of nitrogens with one attached hydrogen (secondary N) is 1. The number of ether oxygens (including phenoxy) is 3. The van der Waals surface area contributed by atoms with Crippen molar-refractivity contribution in [2.75, 3.05) is 37.6 Å². The van der Waals surface area contributed by atoms with Crippen LogP contribution in [0.3, 0.4) is 0 Å². The van der Waals surface area contributed by atoms with E-state index >= 15 is 0 Å². The molecule has 1 unspecified atom stereocenters. The van der Waals surface area contributed by atoms with Crippen LogP contribution < -0.4 is 15.0 Å². The van der Waals surface area contributed by atoms with Crippen molar-refractivity contribution in [3.63, 3.8) is 0 Å². The number of thiazole rings is 1. The molecule has 0 spiro atoms. The highest BCUT2D eigenvalue weighted by atomic mass is 32.1. The van der Waals surface area contributed by atoms with E-state index in [1.54, 1.807) is 55.7 Å². The lowest BCUT2D eigenvalue weighted by Gasteiger charge is -2.32. The Kier molecular flexibility index (Phi) is 7.42. The van der Waals surface area contributed by atoms with Crippen molar-refractivity contribution in [2.45, 2.75) is 19.4 Å². The average molecular weight is 496 g/mol. The molecule has 0 saturated carbocycles. The van der Waals surface area contributed by atoms with Gasteiger partial charge in [0.05, 0.1) is 35.7 Å². The first kappa shape index (κ1) is 24.4. The topological polar surface area (TPSA) is 107 Å². The Labute approximate surface area is 206 Å². The van der Waals surface area contributed by atoms with Crippen LogP contribution in [0.4, 0.5) is 11.4 Å². The third-order valence-corrected chi connectivity index (χ3v) is 6.33. The zero-order valence-corrected chi connectivity index (χ0v) is 20.4. The first-order chi connectivity index (χ1) is 16.9. The molecule has 0 fully saturated rings. The molecule has 2 aromatic carbocycles. The fourth-order valence-corrected chi connectivity index (χ4v) is 4.42. The maximum atomic E-state index is 12.9. The van der Waals surface area contributed by atoms with Crippen molar-refractivity contribution in [1.29, 1.82) is 0 Å². The molecular formula is C25H25N3O6S. The van der Waals surface area contributed by atoms with Gasteiger partial charge in [-0.3, -0.25) is 14.5 Å². The Morgan fingerprint density at radius 3 is 2.66 bits per heavy atom. The van der Waals surface area contributed by atoms with E-state index in [1.807, 2.05) is 17.5 Å². The number of hydrogen-bond donors (Lipinski definition) is 1. The number of carbonyl (C=O) groups excluding carboxylic acids is 3. The average Bonchev–Trinajstić information content (AvgIpc) is 3.34. The van der Waals surface area contributed by atoms with Gasteiger partial charge in [-0.15, -0.1) is 11.3 Å². The quantitative estimate of drug-likeness (QED) is 0.477. The summed E-state index contributed by atoms with van der Waals surface area (Å²) >= 11 is 1.54. The van der Waals surface area contributed by atoms with Crippen molar-refractivity contribution in [3.05, 3.63) is 58.4 Å². The second-order valence-electron chi connectivity index (χ2n) is 7.85. The fourth-order valence-electron chi connectivity index (χ4n) is 3.63. The van der Waals surface area contributed by atoms with E-state index in [0.29, 0.717) is 29.3 Å². The summed E-state index contributed by atoms with van der Waals surface area (Å²) in [6.07, 6.45) is -0.00148. The maximum Gasteiger partial charge on any atom is 0.337 e. The fraction of sp³-hybridized carbons (Fsp3) is 0.280. The Bertz CT molecular complexity index is 1240. The number of benzene rings is 2. The number of esters is 1. The molecule has 2 heterocycles. The zero-order chi connectivity index (χ0) is 24.9. The molecule has 1 aliphatic heterocycles. The smallest absolute Gasteiger partial charge is 0.337 e. The largest absolute Gasteiger partial charge is 0.479 e. The molecule has 35 heavy (non-hydrogen) atoms. The van der Waals surface area contributed by atoms with E-state index < -0.39 is 12.1 Å². The van der Waals surface area contributed by atoms with Crippen LogP contribution in [0.2, 0.25) is 0 Å². The molecule has 182 valence electrons. The molecule has 9 nitrogen and oxygen atoms in total. The summed E-state index contributed by atoms with van der Waals surface area (Å²) in [5.74, 6) is -0.643. The predicted molar refractivity (Wildman–Crippen MR) is 132 cm³/mol. The van der Waals surface area contributed by atoms with E-state index in [-0.39, 0.29) is 18.4 Å². The number of hydrogen-bond acceptors (Lipinski definition) is 8. The predicted octanol–water partition coefficient (Wildman–Crippen LogP) is 3.54. The number of fused-ring (bicyclic) bond motifs is 1. The van der Waals surface area contributed by atoms with E-state index in [1.165, 1.54) is 12.0 Å². The Morgan fingerprint density at radius 2 is 1.94 bits per heavy atom. The van der Waals surface area contributed by atoms with Gasteiger partial charge < -0.3 is 19.5 Å². The van der Waals surface area contributed by atoms with Crippen LogP contribution in [-0.2, 0) is 25.5 Å². The molecule has 1 N–H and O–H groups in total. The maximum absolute atomic E-state index is 12.9. The normalized spacial score (nSPS) is 14.8. The molecule has 1 aromatic heterocycles. The Balaban J connectivity index is 1.53. The lowest BCUT2D eigenvalue weighted by molar-refractivity contribution is -0.127. The first-order valence-corrected chi connectivity index (χ1v) is 11.8. The van der Waals surface area contributed by atoms with Gasteiger partial charge in [0.1, 0.15) is 12.3 Å². The zero-order valence-electron chi connectivity index (χ0n) is 19.6. The third-order valence-electron chi connectivity index (χ3n) is 5.43. The number of rotatable bonds is 8. The van der Waals surface area contributed by atoms with Gasteiger partial charge in [0, 0.05) is 30.2 Å². The second-order valence-corrected chi connectivity index (χ2v) is 8.80. The van der Waals surface area contributed by atoms with Crippen molar-refractivity contribution in [3.8, 4) is 17.0 Å². The van der Waals surface area contributed by atoms with Crippen LogP contribution in [0.25, 0.3) is 11.3 Å². The second kappa shape index (κ2) is 10.7. The van der Waals surface area contributed by atoms with Crippen LogP contribution in [-0.4, -0.2) is 56.2 Å². The van der Waals surface area contributed by atoms with Gasteiger partial charge in [-0.05, 0) is 49.4 Å². The van der Waals surface area contributed by atoms with Crippen LogP contribution in [0.1, 0.15) is 22.3 Å². The van der Waals surface area contributed by atoms with Gasteiger partial charge in [0.2, 0.25) is 5.91 Å². The van der Waals surface area contributed by atoms with Crippen molar-refractivity contribution < 1.29 is 28.6 Å². The number of nitrogens with zero attached hydrogens (tertiary/aromatic N) is 2. The summed E-state index contributed by atoms with van der Waals surface area (Å²) in [5, 5.41) is 5.67. The minimum absolute atomic E-state index is 0.197. The van der Waals surface area contributed by atoms with Crippen LogP contribution >= 0.6 is 11.3 Å². The number of carbonyl (C=O) groups is 3. The highest BCUT2D eigenvalue weighted by Gasteiger charge is 2.33. The summed E-state index contributed by atoms with van der Waals surface area (Å²) < 4.78 is 15.6. The van der Waals surface area contributed by atoms with Gasteiger partial charge in [0.25, 0.3) is 5.91 Å². The summed E-state index contributed by atoms with van der Waals surface area (Å²) in [5.41, 5.74) is 2.98. The van der Waals surface area contributed by atoms with Crippen molar-refractivity contribution in [2.24, 2.45) is 0 Å². The van der Waals surface area contributed by atoms with Crippen LogP contribution in [0.5, 0.6) is 5.75 Å². The summed E-state index contributed by atoms with van der Waals surface area (Å²) in [6.45, 7) is 2.04. The Hall–Kier alpha value is -3.76. The Morgan fingerprint density at radius 1 is 1.17 bits per heavy atom. The molecule has 4 rings (SSSR count). The number of anilines is 2. The minimum atomic E-state index is -0.722. The molecule has 0 aliphatic carbocycles. The molecule has 0 saturated heterocycles. The molecule has 3 aromatic rings. The SMILES string of the molecule is COCCc1nc(-c2ccc3c(c2)N(CC(=O)Nc2ccc(C(=O)OC)cc2)C(=O)C(C)O3)cs1.